The Hall–Kier alpha value is -0.770. The number of aliphatic hydroxyl groups excluding tert-OH is 4. The summed E-state index contributed by atoms with van der Waals surface area (Å²) in [6.45, 7) is 1.42. The SMILES string of the molecule is CCCCCC(=O)OC[C@H]1O[C@@H](OCCO)[C@H](O)[C@@H](O)[C@H]1O. The third-order valence-electron chi connectivity index (χ3n) is 3.43. The molecule has 1 fully saturated rings. The molecule has 1 rings (SSSR count). The normalized spacial score (nSPS) is 32.0. The van der Waals surface area contributed by atoms with Gasteiger partial charge in [0, 0.05) is 6.42 Å². The predicted molar refractivity (Wildman–Crippen MR) is 74.8 cm³/mol. The second kappa shape index (κ2) is 10.1. The minimum absolute atomic E-state index is 0.0892. The Morgan fingerprint density at radius 2 is 1.86 bits per heavy atom. The van der Waals surface area contributed by atoms with Gasteiger partial charge >= 0.3 is 5.97 Å². The van der Waals surface area contributed by atoms with Crippen molar-refractivity contribution in [2.75, 3.05) is 19.8 Å². The molecule has 1 saturated heterocycles. The van der Waals surface area contributed by atoms with Crippen molar-refractivity contribution in [3.8, 4) is 0 Å². The highest BCUT2D eigenvalue weighted by molar-refractivity contribution is 5.69. The first kappa shape index (κ1) is 19.3. The van der Waals surface area contributed by atoms with Crippen LogP contribution >= 0.6 is 0 Å². The lowest BCUT2D eigenvalue weighted by Crippen LogP contribution is -2.59. The van der Waals surface area contributed by atoms with E-state index in [4.69, 9.17) is 19.3 Å². The largest absolute Gasteiger partial charge is 0.463 e. The van der Waals surface area contributed by atoms with Crippen LogP contribution in [0.3, 0.4) is 0 Å². The van der Waals surface area contributed by atoms with Crippen LogP contribution in [0.15, 0.2) is 0 Å². The fraction of sp³-hybridized carbons (Fsp3) is 0.929. The van der Waals surface area contributed by atoms with Gasteiger partial charge in [-0.2, -0.15) is 0 Å². The molecule has 1 aliphatic rings. The zero-order valence-corrected chi connectivity index (χ0v) is 12.8. The van der Waals surface area contributed by atoms with E-state index < -0.39 is 36.7 Å². The Labute approximate surface area is 129 Å². The quantitative estimate of drug-likeness (QED) is 0.312. The lowest BCUT2D eigenvalue weighted by atomic mass is 9.99. The standard InChI is InChI=1S/C14H26O8/c1-2-3-4-5-10(16)21-8-9-11(17)12(18)13(19)14(22-9)20-7-6-15/h9,11-15,17-19H,2-8H2,1H3/t9-,11+,12+,13-,14-/m1/s1. The van der Waals surface area contributed by atoms with Gasteiger partial charge in [-0.3, -0.25) is 4.79 Å². The lowest BCUT2D eigenvalue weighted by molar-refractivity contribution is -0.302. The van der Waals surface area contributed by atoms with Gasteiger partial charge in [-0.15, -0.1) is 0 Å². The summed E-state index contributed by atoms with van der Waals surface area (Å²) in [5, 5.41) is 38.0. The van der Waals surface area contributed by atoms with Gasteiger partial charge in [0.2, 0.25) is 0 Å². The van der Waals surface area contributed by atoms with Gasteiger partial charge in [0.25, 0.3) is 0 Å². The van der Waals surface area contributed by atoms with Crippen molar-refractivity contribution in [1.29, 1.82) is 0 Å². The maximum atomic E-state index is 11.5. The smallest absolute Gasteiger partial charge is 0.305 e. The van der Waals surface area contributed by atoms with Gasteiger partial charge in [0.1, 0.15) is 31.0 Å². The topological polar surface area (TPSA) is 126 Å². The van der Waals surface area contributed by atoms with Crippen LogP contribution in [-0.2, 0) is 19.0 Å². The monoisotopic (exact) mass is 322 g/mol. The average Bonchev–Trinajstić information content (AvgIpc) is 2.51. The third kappa shape index (κ3) is 5.79. The van der Waals surface area contributed by atoms with Crippen LogP contribution in [0.4, 0.5) is 0 Å². The molecule has 0 aliphatic carbocycles. The highest BCUT2D eigenvalue weighted by Gasteiger charge is 2.44. The van der Waals surface area contributed by atoms with Crippen LogP contribution in [0.5, 0.6) is 0 Å². The fourth-order valence-corrected chi connectivity index (χ4v) is 2.13. The number of esters is 1. The van der Waals surface area contributed by atoms with Crippen molar-refractivity contribution in [3.63, 3.8) is 0 Å². The summed E-state index contributed by atoms with van der Waals surface area (Å²) in [4.78, 5) is 11.5. The van der Waals surface area contributed by atoms with Crippen molar-refractivity contribution in [3.05, 3.63) is 0 Å². The highest BCUT2D eigenvalue weighted by atomic mass is 16.7. The van der Waals surface area contributed by atoms with Crippen LogP contribution < -0.4 is 0 Å². The van der Waals surface area contributed by atoms with Crippen LogP contribution in [0.25, 0.3) is 0 Å². The molecule has 0 aromatic rings. The molecule has 5 atom stereocenters. The molecule has 0 radical (unpaired) electrons. The van der Waals surface area contributed by atoms with E-state index in [0.717, 1.165) is 19.3 Å². The maximum absolute atomic E-state index is 11.5. The molecule has 0 amide bonds. The molecule has 0 bridgehead atoms. The zero-order chi connectivity index (χ0) is 16.5. The molecule has 130 valence electrons. The second-order valence-corrected chi connectivity index (χ2v) is 5.25. The van der Waals surface area contributed by atoms with Gasteiger partial charge in [0.15, 0.2) is 6.29 Å². The number of unbranched alkanes of at least 4 members (excludes halogenated alkanes) is 2. The Kier molecular flexibility index (Phi) is 8.84. The van der Waals surface area contributed by atoms with Crippen LogP contribution in [0.2, 0.25) is 0 Å². The van der Waals surface area contributed by atoms with Crippen molar-refractivity contribution < 1.29 is 39.4 Å². The van der Waals surface area contributed by atoms with Crippen LogP contribution in [0.1, 0.15) is 32.6 Å². The first-order chi connectivity index (χ1) is 10.5. The number of carbonyl (C=O) groups is 1. The van der Waals surface area contributed by atoms with Crippen LogP contribution in [0, 0.1) is 0 Å². The van der Waals surface area contributed by atoms with E-state index in [0.29, 0.717) is 0 Å². The molecule has 8 heteroatoms. The molecule has 0 aromatic heterocycles. The molecule has 0 aromatic carbocycles. The van der Waals surface area contributed by atoms with Crippen molar-refractivity contribution in [2.24, 2.45) is 0 Å². The molecule has 4 N–H and O–H groups in total. The van der Waals surface area contributed by atoms with Gasteiger partial charge < -0.3 is 34.6 Å². The fourth-order valence-electron chi connectivity index (χ4n) is 2.13. The summed E-state index contributed by atoms with van der Waals surface area (Å²) in [7, 11) is 0. The Bertz CT molecular complexity index is 324. The zero-order valence-electron chi connectivity index (χ0n) is 12.8. The molecule has 22 heavy (non-hydrogen) atoms. The average molecular weight is 322 g/mol. The molecule has 1 heterocycles. The summed E-state index contributed by atoms with van der Waals surface area (Å²) >= 11 is 0. The van der Waals surface area contributed by atoms with Gasteiger partial charge in [-0.25, -0.2) is 0 Å². The minimum atomic E-state index is -1.48. The lowest BCUT2D eigenvalue weighted by Gasteiger charge is -2.39. The summed E-state index contributed by atoms with van der Waals surface area (Å²) < 4.78 is 15.3. The van der Waals surface area contributed by atoms with Crippen molar-refractivity contribution in [2.45, 2.75) is 63.3 Å². The Morgan fingerprint density at radius 1 is 1.14 bits per heavy atom. The van der Waals surface area contributed by atoms with Crippen molar-refractivity contribution in [1.82, 2.24) is 0 Å². The number of aliphatic hydroxyl groups is 4. The van der Waals surface area contributed by atoms with E-state index in [-0.39, 0.29) is 26.2 Å². The Balaban J connectivity index is 2.44. The van der Waals surface area contributed by atoms with E-state index in [1.807, 2.05) is 6.92 Å². The van der Waals surface area contributed by atoms with Crippen LogP contribution in [-0.4, -0.2) is 76.9 Å². The molecule has 0 unspecified atom stereocenters. The van der Waals surface area contributed by atoms with Crippen molar-refractivity contribution >= 4 is 5.97 Å². The first-order valence-electron chi connectivity index (χ1n) is 7.59. The summed E-state index contributed by atoms with van der Waals surface area (Å²) in [5.41, 5.74) is 0. The summed E-state index contributed by atoms with van der Waals surface area (Å²) in [5.74, 6) is -0.405. The predicted octanol–water partition coefficient (Wildman–Crippen LogP) is -1.07. The number of carbonyl (C=O) groups excluding carboxylic acids is 1. The summed E-state index contributed by atoms with van der Waals surface area (Å²) in [6, 6.07) is 0. The van der Waals surface area contributed by atoms with E-state index in [2.05, 4.69) is 0 Å². The van der Waals surface area contributed by atoms with Gasteiger partial charge in [-0.1, -0.05) is 19.8 Å². The third-order valence-corrected chi connectivity index (χ3v) is 3.43. The van der Waals surface area contributed by atoms with E-state index in [9.17, 15) is 20.1 Å². The number of hydrogen-bond donors (Lipinski definition) is 4. The van der Waals surface area contributed by atoms with Gasteiger partial charge in [0.05, 0.1) is 13.2 Å². The second-order valence-electron chi connectivity index (χ2n) is 5.25. The van der Waals surface area contributed by atoms with E-state index >= 15 is 0 Å². The molecule has 0 spiro atoms. The Morgan fingerprint density at radius 3 is 2.50 bits per heavy atom. The highest BCUT2D eigenvalue weighted by Crippen LogP contribution is 2.22. The molecule has 8 nitrogen and oxygen atoms in total. The number of rotatable bonds is 9. The molecular weight excluding hydrogens is 296 g/mol. The molecular formula is C14H26O8. The van der Waals surface area contributed by atoms with Gasteiger partial charge in [-0.05, 0) is 6.42 Å². The van der Waals surface area contributed by atoms with E-state index in [1.54, 1.807) is 0 Å². The van der Waals surface area contributed by atoms with E-state index in [1.165, 1.54) is 0 Å². The minimum Gasteiger partial charge on any atom is -0.463 e. The molecule has 0 saturated carbocycles. The summed E-state index contributed by atoms with van der Waals surface area (Å²) in [6.07, 6.45) is -3.59. The number of hydrogen-bond acceptors (Lipinski definition) is 8. The maximum Gasteiger partial charge on any atom is 0.305 e. The molecule has 1 aliphatic heterocycles. The first-order valence-corrected chi connectivity index (χ1v) is 7.59. The number of ether oxygens (including phenoxy) is 3.